The predicted molar refractivity (Wildman–Crippen MR) is 167 cm³/mol. The number of hydrogen-bond donors (Lipinski definition) is 1. The Kier molecular flexibility index (Phi) is 24.1. The summed E-state index contributed by atoms with van der Waals surface area (Å²) < 4.78 is 16.5. The first kappa shape index (κ1) is 43.1. The van der Waals surface area contributed by atoms with E-state index in [1.54, 1.807) is 30.3 Å². The Labute approximate surface area is 392 Å². The fraction of sp³-hybridized carbons (Fsp3) is 0.355. The van der Waals surface area contributed by atoms with Crippen LogP contribution in [0.5, 0.6) is 0 Å². The van der Waals surface area contributed by atoms with Crippen LogP contribution in [0.15, 0.2) is 65.6 Å². The maximum atomic E-state index is 8.68. The normalized spacial score (nSPS) is 20.8. The molecule has 3 aromatic rings. The summed E-state index contributed by atoms with van der Waals surface area (Å²) in [5.74, 6) is 1.05. The minimum atomic E-state index is -0.151. The predicted octanol–water partition coefficient (Wildman–Crippen LogP) is 4.18. The molecule has 2 heterocycles. The molecule has 218 valence electrons. The fourth-order valence-corrected chi connectivity index (χ4v) is 5.74. The van der Waals surface area contributed by atoms with Crippen molar-refractivity contribution < 1.29 is 157 Å². The average Bonchev–Trinajstić information content (AvgIpc) is 3.53. The van der Waals surface area contributed by atoms with E-state index in [9.17, 15) is 0 Å². The number of aryl methyl sites for hydroxylation is 1. The van der Waals surface area contributed by atoms with Crippen LogP contribution in [-0.2, 0) is 27.4 Å². The van der Waals surface area contributed by atoms with Crippen LogP contribution in [0.3, 0.4) is 0 Å². The number of benzene rings is 3. The van der Waals surface area contributed by atoms with E-state index in [0.29, 0.717) is 49.5 Å². The van der Waals surface area contributed by atoms with Gasteiger partial charge in [-0.3, -0.25) is 0 Å². The molecule has 0 bridgehead atoms. The Bertz CT molecular complexity index is 1210. The van der Waals surface area contributed by atoms with E-state index in [-0.39, 0.29) is 151 Å². The Morgan fingerprint density at radius 3 is 1.83 bits per heavy atom. The molecule has 42 heavy (non-hydrogen) atoms. The number of thioether (sulfide) groups is 1. The van der Waals surface area contributed by atoms with E-state index in [1.165, 1.54) is 10.5 Å². The summed E-state index contributed by atoms with van der Waals surface area (Å²) in [7, 11) is 0. The zero-order valence-electron chi connectivity index (χ0n) is 24.7. The van der Waals surface area contributed by atoms with Gasteiger partial charge in [-0.1, -0.05) is 102 Å². The number of aliphatic hydroxyl groups is 1. The summed E-state index contributed by atoms with van der Waals surface area (Å²) in [5, 5.41) is 11.0. The Morgan fingerprint density at radius 1 is 0.810 bits per heavy atom. The monoisotopic (exact) mass is 908 g/mol. The molecule has 11 heteroatoms. The molecule has 0 aliphatic carbocycles. The quantitative estimate of drug-likeness (QED) is 0.377. The van der Waals surface area contributed by atoms with E-state index in [2.05, 4.69) is 45.0 Å². The summed E-state index contributed by atoms with van der Waals surface area (Å²) >= 11 is 24.9. The third-order valence-corrected chi connectivity index (χ3v) is 8.25. The van der Waals surface area contributed by atoms with Crippen molar-refractivity contribution in [2.45, 2.75) is 63.4 Å². The summed E-state index contributed by atoms with van der Waals surface area (Å²) in [6.07, 6.45) is 1.87. The molecule has 0 saturated carbocycles. The van der Waals surface area contributed by atoms with Crippen LogP contribution < -0.4 is 138 Å². The van der Waals surface area contributed by atoms with Crippen molar-refractivity contribution in [3.63, 3.8) is 0 Å². The van der Waals surface area contributed by atoms with Gasteiger partial charge < -0.3 is 19.3 Å². The van der Waals surface area contributed by atoms with Gasteiger partial charge in [0.05, 0.1) is 18.6 Å². The number of aliphatic hydroxyl groups excluding tert-OH is 1. The van der Waals surface area contributed by atoms with Gasteiger partial charge in [0.1, 0.15) is 6.29 Å². The van der Waals surface area contributed by atoms with Crippen LogP contribution >= 0.6 is 58.2 Å². The molecular weight excluding hydrogens is 876 g/mol. The van der Waals surface area contributed by atoms with Gasteiger partial charge in [0.2, 0.25) is 0 Å². The molecule has 0 aromatic heterocycles. The minimum absolute atomic E-state index is 0. The average molecular weight is 910 g/mol. The molecule has 2 aliphatic heterocycles. The number of hydrogen-bond acceptors (Lipinski definition) is 5. The molecule has 2 unspecified atom stereocenters. The molecule has 2 fully saturated rings. The zero-order valence-corrected chi connectivity index (χ0v) is 41.1. The van der Waals surface area contributed by atoms with Gasteiger partial charge in [0, 0.05) is 25.0 Å². The second kappa shape index (κ2) is 23.5. The van der Waals surface area contributed by atoms with Gasteiger partial charge in [-0.05, 0) is 67.3 Å². The number of rotatable bonds is 6. The molecule has 4 nitrogen and oxygen atoms in total. The van der Waals surface area contributed by atoms with Crippen LogP contribution in [-0.4, -0.2) is 16.8 Å². The van der Waals surface area contributed by atoms with Gasteiger partial charge in [-0.25, -0.2) is 13.2 Å². The zero-order chi connectivity index (χ0) is 29.1. The topological polar surface area (TPSA) is 47.9 Å². The number of halogens is 4. The number of ether oxygens (including phenoxy) is 3. The van der Waals surface area contributed by atoms with Gasteiger partial charge in [0.25, 0.3) is 0 Å². The van der Waals surface area contributed by atoms with Crippen molar-refractivity contribution in [2.24, 2.45) is 11.8 Å². The van der Waals surface area contributed by atoms with Crippen molar-refractivity contribution in [3.8, 4) is 0 Å². The smallest absolute Gasteiger partial charge is 0.542 e. The molecule has 5 rings (SSSR count). The Balaban J connectivity index is 0.000000315. The van der Waals surface area contributed by atoms with Crippen molar-refractivity contribution in [3.05, 3.63) is 111 Å². The Hall–Kier alpha value is 3.11. The second-order valence-electron chi connectivity index (χ2n) is 9.70. The van der Waals surface area contributed by atoms with E-state index >= 15 is 0 Å². The van der Waals surface area contributed by atoms with Crippen molar-refractivity contribution >= 4 is 58.2 Å². The molecule has 4 atom stereocenters. The van der Waals surface area contributed by atoms with Gasteiger partial charge >= 0.3 is 138 Å². The van der Waals surface area contributed by atoms with Crippen molar-refractivity contribution in [1.29, 1.82) is 0 Å². The van der Waals surface area contributed by atoms with Crippen LogP contribution in [0.1, 0.15) is 43.4 Å². The molecular formula is C31H34Cl4Cs2O4S. The van der Waals surface area contributed by atoms with Crippen LogP contribution in [0.4, 0.5) is 0 Å². The molecule has 0 spiro atoms. The molecule has 1 N–H and O–H groups in total. The van der Waals surface area contributed by atoms with Gasteiger partial charge in [0.15, 0.2) is 0 Å². The fourth-order valence-electron chi connectivity index (χ4n) is 3.70. The van der Waals surface area contributed by atoms with Gasteiger partial charge in [-0.15, -0.1) is 11.8 Å². The van der Waals surface area contributed by atoms with Gasteiger partial charge in [-0.2, -0.15) is 0 Å². The first-order chi connectivity index (χ1) is 19.1. The largest absolute Gasteiger partial charge is 1.00 e. The minimum Gasteiger partial charge on any atom is -0.542 e. The standard InChI is InChI=1S/C12H13Cl2O2.C12H15OS.C7H6Cl2O.2Cs/c1-8-4-12(15-6-8)16-7-9-2-3-10(13)5-11(9)14;1-9-3-5-11(6-4-9)14-12-7-10(2)8-13-12;8-6-2-1-5(4-10)7(9)3-6;;/h2-3,5-6,8,12H,4,7H2,1H3;3-6,8,10,12H,7H2,1-2H3;1-3,10H,4H2;;/q2*-1;;2*+1/t8-,12?;10-,12?;;;/m11.../s1. The third-order valence-electron chi connectivity index (χ3n) is 5.97. The third kappa shape index (κ3) is 16.5. The summed E-state index contributed by atoms with van der Waals surface area (Å²) in [6.45, 7) is 10.6. The maximum Gasteiger partial charge on any atom is 1.00 e. The molecule has 2 aliphatic rings. The second-order valence-corrected chi connectivity index (χ2v) is 12.6. The van der Waals surface area contributed by atoms with Crippen LogP contribution in [0, 0.1) is 32.0 Å². The van der Waals surface area contributed by atoms with Crippen LogP contribution in [0.2, 0.25) is 20.1 Å². The van der Waals surface area contributed by atoms with E-state index < -0.39 is 0 Å². The first-order valence-electron chi connectivity index (χ1n) is 12.9. The molecule has 0 radical (unpaired) electrons. The maximum absolute atomic E-state index is 8.68. The molecule has 3 aromatic carbocycles. The van der Waals surface area contributed by atoms with Crippen molar-refractivity contribution in [2.75, 3.05) is 0 Å². The molecule has 0 amide bonds. The first-order valence-corrected chi connectivity index (χ1v) is 15.3. The van der Waals surface area contributed by atoms with E-state index in [4.69, 9.17) is 65.7 Å². The van der Waals surface area contributed by atoms with E-state index in [1.807, 2.05) is 31.0 Å². The SMILES string of the molecule is C[C@H]1[CH-]OC(OCc2ccc(Cl)cc2Cl)C1.Cc1ccc(SC2C[C@@H](C)[CH-]O2)cc1.OCc1ccc(Cl)cc1Cl.[Cs+].[Cs+]. The van der Waals surface area contributed by atoms with Crippen molar-refractivity contribution in [1.82, 2.24) is 0 Å². The summed E-state index contributed by atoms with van der Waals surface area (Å²) in [5.41, 5.74) is 3.25. The Morgan fingerprint density at radius 2 is 1.36 bits per heavy atom. The summed E-state index contributed by atoms with van der Waals surface area (Å²) in [6, 6.07) is 19.0. The van der Waals surface area contributed by atoms with E-state index in [0.717, 1.165) is 18.4 Å². The summed E-state index contributed by atoms with van der Waals surface area (Å²) in [4.78, 5) is 1.29. The molecule has 2 saturated heterocycles. The van der Waals surface area contributed by atoms with Crippen LogP contribution in [0.25, 0.3) is 0 Å².